The molecule has 3 rings (SSSR count). The number of carbonyl (C=O) groups excluding carboxylic acids is 1. The summed E-state index contributed by atoms with van der Waals surface area (Å²) in [5, 5.41) is 16.1. The van der Waals surface area contributed by atoms with Crippen molar-refractivity contribution in [3.05, 3.63) is 59.1 Å². The number of amides is 1. The highest BCUT2D eigenvalue weighted by atomic mass is 35.5. The van der Waals surface area contributed by atoms with Crippen molar-refractivity contribution in [1.82, 2.24) is 25.5 Å². The van der Waals surface area contributed by atoms with Crippen LogP contribution in [0.25, 0.3) is 11.4 Å². The van der Waals surface area contributed by atoms with Gasteiger partial charge in [0.2, 0.25) is 11.7 Å². The summed E-state index contributed by atoms with van der Waals surface area (Å²) < 4.78 is 5.49. The molecular formula is C20H22ClN5O2. The van der Waals surface area contributed by atoms with Gasteiger partial charge in [0, 0.05) is 17.1 Å². The lowest BCUT2D eigenvalue weighted by Gasteiger charge is -2.14. The number of hydrogen-bond acceptors (Lipinski definition) is 5. The number of benzene rings is 2. The highest BCUT2D eigenvalue weighted by molar-refractivity contribution is 6.30. The van der Waals surface area contributed by atoms with Crippen molar-refractivity contribution in [3.8, 4) is 17.1 Å². The van der Waals surface area contributed by atoms with E-state index in [1.165, 1.54) is 4.80 Å². The van der Waals surface area contributed by atoms with E-state index in [-0.39, 0.29) is 5.91 Å². The van der Waals surface area contributed by atoms with Crippen LogP contribution in [0.1, 0.15) is 31.9 Å². The van der Waals surface area contributed by atoms with Crippen LogP contribution in [0.4, 0.5) is 0 Å². The molecule has 0 aliphatic heterocycles. The summed E-state index contributed by atoms with van der Waals surface area (Å²) in [6, 6.07) is 14.3. The Hall–Kier alpha value is -2.93. The van der Waals surface area contributed by atoms with Crippen molar-refractivity contribution in [2.75, 3.05) is 6.61 Å². The topological polar surface area (TPSA) is 81.9 Å². The summed E-state index contributed by atoms with van der Waals surface area (Å²) in [7, 11) is 0. The second kappa shape index (κ2) is 9.32. The zero-order valence-electron chi connectivity index (χ0n) is 15.8. The molecule has 28 heavy (non-hydrogen) atoms. The standard InChI is InChI=1S/C20H22ClN5O2/c1-3-18(20(27)22-13-14-6-5-7-17(12-14)28-4-2)26-24-19(23-25-26)15-8-10-16(21)11-9-15/h5-12,18H,3-4,13H2,1-2H3,(H,22,27). The molecule has 0 bridgehead atoms. The monoisotopic (exact) mass is 399 g/mol. The fourth-order valence-electron chi connectivity index (χ4n) is 2.74. The van der Waals surface area contributed by atoms with Crippen LogP contribution in [0, 0.1) is 0 Å². The van der Waals surface area contributed by atoms with E-state index in [0.29, 0.717) is 30.4 Å². The Morgan fingerprint density at radius 1 is 1.21 bits per heavy atom. The van der Waals surface area contributed by atoms with Crippen molar-refractivity contribution in [1.29, 1.82) is 0 Å². The fourth-order valence-corrected chi connectivity index (χ4v) is 2.87. The van der Waals surface area contributed by atoms with E-state index in [9.17, 15) is 4.79 Å². The third-order valence-corrected chi connectivity index (χ3v) is 4.43. The molecule has 0 radical (unpaired) electrons. The number of nitrogens with zero attached hydrogens (tertiary/aromatic N) is 4. The molecule has 3 aromatic rings. The van der Waals surface area contributed by atoms with Gasteiger partial charge in [-0.1, -0.05) is 30.7 Å². The third-order valence-electron chi connectivity index (χ3n) is 4.17. The summed E-state index contributed by atoms with van der Waals surface area (Å²) >= 11 is 5.91. The summed E-state index contributed by atoms with van der Waals surface area (Å²) in [5.74, 6) is 1.07. The van der Waals surface area contributed by atoms with Gasteiger partial charge in [-0.2, -0.15) is 4.80 Å². The molecule has 1 heterocycles. The minimum absolute atomic E-state index is 0.163. The van der Waals surface area contributed by atoms with Crippen LogP contribution in [0.3, 0.4) is 0 Å². The van der Waals surface area contributed by atoms with Gasteiger partial charge < -0.3 is 10.1 Å². The number of aromatic nitrogens is 4. The molecule has 1 amide bonds. The van der Waals surface area contributed by atoms with Gasteiger partial charge in [-0.15, -0.1) is 10.2 Å². The van der Waals surface area contributed by atoms with Crippen molar-refractivity contribution < 1.29 is 9.53 Å². The smallest absolute Gasteiger partial charge is 0.247 e. The lowest BCUT2D eigenvalue weighted by atomic mass is 10.2. The molecule has 0 aliphatic rings. The highest BCUT2D eigenvalue weighted by Crippen LogP contribution is 2.19. The number of hydrogen-bond donors (Lipinski definition) is 1. The minimum Gasteiger partial charge on any atom is -0.494 e. The molecule has 0 spiro atoms. The van der Waals surface area contributed by atoms with Crippen LogP contribution in [-0.4, -0.2) is 32.7 Å². The number of tetrazole rings is 1. The van der Waals surface area contributed by atoms with Crippen molar-refractivity contribution >= 4 is 17.5 Å². The molecule has 0 saturated carbocycles. The SMILES string of the molecule is CCOc1cccc(CNC(=O)C(CC)n2nnc(-c3ccc(Cl)cc3)n2)c1. The molecule has 146 valence electrons. The van der Waals surface area contributed by atoms with Crippen molar-refractivity contribution in [3.63, 3.8) is 0 Å². The van der Waals surface area contributed by atoms with Crippen LogP contribution in [0.2, 0.25) is 5.02 Å². The van der Waals surface area contributed by atoms with Gasteiger partial charge in [0.15, 0.2) is 6.04 Å². The summed E-state index contributed by atoms with van der Waals surface area (Å²) in [6.45, 7) is 4.84. The minimum atomic E-state index is -0.538. The molecule has 7 nitrogen and oxygen atoms in total. The average Bonchev–Trinajstić information content (AvgIpc) is 3.18. The Morgan fingerprint density at radius 3 is 2.71 bits per heavy atom. The number of nitrogens with one attached hydrogen (secondary N) is 1. The van der Waals surface area contributed by atoms with Gasteiger partial charge in [-0.3, -0.25) is 4.79 Å². The molecule has 1 N–H and O–H groups in total. The zero-order chi connectivity index (χ0) is 19.9. The third kappa shape index (κ3) is 4.86. The van der Waals surface area contributed by atoms with Crippen molar-refractivity contribution in [2.24, 2.45) is 0 Å². The van der Waals surface area contributed by atoms with Gasteiger partial charge in [0.1, 0.15) is 5.75 Å². The number of halogens is 1. The van der Waals surface area contributed by atoms with Gasteiger partial charge in [0.25, 0.3) is 0 Å². The summed E-state index contributed by atoms with van der Waals surface area (Å²) in [6.07, 6.45) is 0.543. The van der Waals surface area contributed by atoms with Crippen LogP contribution in [0.5, 0.6) is 5.75 Å². The highest BCUT2D eigenvalue weighted by Gasteiger charge is 2.21. The predicted octanol–water partition coefficient (Wildman–Crippen LogP) is 3.66. The second-order valence-corrected chi connectivity index (χ2v) is 6.60. The molecule has 2 aromatic carbocycles. The molecular weight excluding hydrogens is 378 g/mol. The fraction of sp³-hybridized carbons (Fsp3) is 0.300. The van der Waals surface area contributed by atoms with Gasteiger partial charge in [-0.05, 0) is 60.5 Å². The first-order chi connectivity index (χ1) is 13.6. The largest absolute Gasteiger partial charge is 0.494 e. The maximum absolute atomic E-state index is 12.7. The lowest BCUT2D eigenvalue weighted by molar-refractivity contribution is -0.125. The first kappa shape index (κ1) is 19.8. The molecule has 0 saturated heterocycles. The molecule has 1 aromatic heterocycles. The molecule has 1 unspecified atom stereocenters. The van der Waals surface area contributed by atoms with Gasteiger partial charge in [-0.25, -0.2) is 0 Å². The zero-order valence-corrected chi connectivity index (χ0v) is 16.6. The van der Waals surface area contributed by atoms with E-state index in [1.807, 2.05) is 50.2 Å². The lowest BCUT2D eigenvalue weighted by Crippen LogP contribution is -2.33. The van der Waals surface area contributed by atoms with Gasteiger partial charge in [0.05, 0.1) is 6.61 Å². The van der Waals surface area contributed by atoms with E-state index < -0.39 is 6.04 Å². The average molecular weight is 400 g/mol. The Bertz CT molecular complexity index is 926. The number of ether oxygens (including phenoxy) is 1. The molecule has 0 aliphatic carbocycles. The molecule has 1 atom stereocenters. The molecule has 0 fully saturated rings. The van der Waals surface area contributed by atoms with E-state index in [4.69, 9.17) is 16.3 Å². The first-order valence-electron chi connectivity index (χ1n) is 9.15. The Morgan fingerprint density at radius 2 is 2.00 bits per heavy atom. The Kier molecular flexibility index (Phi) is 6.60. The van der Waals surface area contributed by atoms with Crippen LogP contribution < -0.4 is 10.1 Å². The maximum atomic E-state index is 12.7. The van der Waals surface area contributed by atoms with E-state index in [2.05, 4.69) is 20.7 Å². The predicted molar refractivity (Wildman–Crippen MR) is 107 cm³/mol. The first-order valence-corrected chi connectivity index (χ1v) is 9.53. The quantitative estimate of drug-likeness (QED) is 0.625. The normalized spacial score (nSPS) is 11.8. The maximum Gasteiger partial charge on any atom is 0.247 e. The van der Waals surface area contributed by atoms with E-state index >= 15 is 0 Å². The summed E-state index contributed by atoms with van der Waals surface area (Å²) in [5.41, 5.74) is 1.75. The number of carbonyl (C=O) groups is 1. The van der Waals surface area contributed by atoms with Crippen LogP contribution in [0.15, 0.2) is 48.5 Å². The van der Waals surface area contributed by atoms with E-state index in [0.717, 1.165) is 16.9 Å². The molecule has 8 heteroatoms. The Balaban J connectivity index is 1.67. The van der Waals surface area contributed by atoms with Crippen molar-refractivity contribution in [2.45, 2.75) is 32.9 Å². The second-order valence-electron chi connectivity index (χ2n) is 6.16. The van der Waals surface area contributed by atoms with Crippen LogP contribution >= 0.6 is 11.6 Å². The summed E-state index contributed by atoms with van der Waals surface area (Å²) in [4.78, 5) is 14.0. The van der Waals surface area contributed by atoms with Gasteiger partial charge >= 0.3 is 0 Å². The van der Waals surface area contributed by atoms with Crippen LogP contribution in [-0.2, 0) is 11.3 Å². The number of rotatable bonds is 8. The Labute approximate surface area is 168 Å². The van der Waals surface area contributed by atoms with E-state index in [1.54, 1.807) is 12.1 Å².